The number of rotatable bonds is 0. The first-order chi connectivity index (χ1) is 8.43. The van der Waals surface area contributed by atoms with E-state index in [9.17, 15) is 0 Å². The van der Waals surface area contributed by atoms with Gasteiger partial charge in [-0.15, -0.1) is 0 Å². The molecule has 0 bridgehead atoms. The van der Waals surface area contributed by atoms with Crippen LogP contribution < -0.4 is 0 Å². The van der Waals surface area contributed by atoms with Crippen molar-refractivity contribution in [3.63, 3.8) is 0 Å². The average molecular weight is 228 g/mol. The first kappa shape index (κ1) is 10.4. The van der Waals surface area contributed by atoms with Crippen molar-refractivity contribution in [2.24, 2.45) is 23.7 Å². The van der Waals surface area contributed by atoms with Crippen molar-refractivity contribution in [3.05, 3.63) is 23.3 Å². The van der Waals surface area contributed by atoms with Crippen LogP contribution in [-0.2, 0) is 0 Å². The van der Waals surface area contributed by atoms with Gasteiger partial charge >= 0.3 is 0 Å². The summed E-state index contributed by atoms with van der Waals surface area (Å²) in [6, 6.07) is 0. The van der Waals surface area contributed by atoms with E-state index in [0.29, 0.717) is 0 Å². The van der Waals surface area contributed by atoms with Crippen LogP contribution in [0.2, 0.25) is 0 Å². The third-order valence-corrected chi connectivity index (χ3v) is 6.00. The first-order valence-electron chi connectivity index (χ1n) is 7.84. The van der Waals surface area contributed by atoms with Crippen LogP contribution >= 0.6 is 0 Å². The zero-order valence-corrected chi connectivity index (χ0v) is 10.8. The molecule has 0 heterocycles. The van der Waals surface area contributed by atoms with E-state index in [0.717, 1.165) is 23.7 Å². The topological polar surface area (TPSA) is 0 Å². The van der Waals surface area contributed by atoms with Crippen molar-refractivity contribution in [3.8, 4) is 0 Å². The van der Waals surface area contributed by atoms with E-state index in [1.165, 1.54) is 57.8 Å². The number of allylic oxidation sites excluding steroid dienone is 4. The lowest BCUT2D eigenvalue weighted by Crippen LogP contribution is -2.30. The third-order valence-electron chi connectivity index (χ3n) is 6.00. The molecule has 1 unspecified atom stereocenters. The minimum atomic E-state index is 0.949. The van der Waals surface area contributed by atoms with Crippen LogP contribution in [0.5, 0.6) is 0 Å². The number of fused-ring (bicyclic) bond motifs is 4. The second-order valence-corrected chi connectivity index (χ2v) is 6.72. The summed E-state index contributed by atoms with van der Waals surface area (Å²) < 4.78 is 0. The zero-order chi connectivity index (χ0) is 11.2. The molecule has 0 aromatic heterocycles. The highest BCUT2D eigenvalue weighted by atomic mass is 14.4. The highest BCUT2D eigenvalue weighted by Crippen LogP contribution is 2.52. The standard InChI is InChI=1S/C17H24/c1-2-6-14-12(4-1)8-10-17-15-7-3-5-13(15)9-11-16(14)17/h9,11-13,15,17H,1-8,10H2/t12?,13-,15+,17-/m0/s1. The molecule has 0 heteroatoms. The number of hydrogen-bond donors (Lipinski definition) is 0. The highest BCUT2D eigenvalue weighted by molar-refractivity contribution is 5.36. The molecular weight excluding hydrogens is 204 g/mol. The second-order valence-electron chi connectivity index (χ2n) is 6.72. The summed E-state index contributed by atoms with van der Waals surface area (Å²) in [6.07, 6.45) is 18.5. The molecule has 0 spiro atoms. The Kier molecular flexibility index (Phi) is 2.45. The molecule has 92 valence electrons. The van der Waals surface area contributed by atoms with Gasteiger partial charge in [0.25, 0.3) is 0 Å². The van der Waals surface area contributed by atoms with E-state index in [1.54, 1.807) is 0 Å². The third kappa shape index (κ3) is 1.56. The average Bonchev–Trinajstić information content (AvgIpc) is 2.86. The van der Waals surface area contributed by atoms with Gasteiger partial charge in [0.05, 0.1) is 0 Å². The molecule has 0 radical (unpaired) electrons. The van der Waals surface area contributed by atoms with E-state index in [4.69, 9.17) is 0 Å². The summed E-state index contributed by atoms with van der Waals surface area (Å²) in [5.74, 6) is 3.93. The predicted molar refractivity (Wildman–Crippen MR) is 71.7 cm³/mol. The SMILES string of the molecule is C1=C[C@@H]2CCC[C@H]2[C@@H]2CCC3CCCCC3=C12. The molecule has 4 aliphatic rings. The predicted octanol–water partition coefficient (Wildman–Crippen LogP) is 4.87. The molecule has 4 atom stereocenters. The van der Waals surface area contributed by atoms with Crippen molar-refractivity contribution in [2.75, 3.05) is 0 Å². The zero-order valence-electron chi connectivity index (χ0n) is 10.8. The Labute approximate surface area is 105 Å². The fraction of sp³-hybridized carbons (Fsp3) is 0.765. The van der Waals surface area contributed by atoms with Crippen molar-refractivity contribution < 1.29 is 0 Å². The van der Waals surface area contributed by atoms with Gasteiger partial charge in [-0.25, -0.2) is 0 Å². The molecule has 4 rings (SSSR count). The maximum atomic E-state index is 2.58. The van der Waals surface area contributed by atoms with Gasteiger partial charge in [-0.3, -0.25) is 0 Å². The quantitative estimate of drug-likeness (QED) is 0.555. The van der Waals surface area contributed by atoms with Crippen molar-refractivity contribution in [1.82, 2.24) is 0 Å². The maximum absolute atomic E-state index is 2.58. The van der Waals surface area contributed by atoms with Gasteiger partial charge in [0.2, 0.25) is 0 Å². The molecule has 17 heavy (non-hydrogen) atoms. The fourth-order valence-corrected chi connectivity index (χ4v) is 5.22. The summed E-state index contributed by atoms with van der Waals surface area (Å²) >= 11 is 0. The van der Waals surface area contributed by atoms with Crippen LogP contribution in [0.25, 0.3) is 0 Å². The Morgan fingerprint density at radius 1 is 0.882 bits per heavy atom. The molecule has 0 aromatic carbocycles. The highest BCUT2D eigenvalue weighted by Gasteiger charge is 2.40. The van der Waals surface area contributed by atoms with Gasteiger partial charge in [0, 0.05) is 0 Å². The monoisotopic (exact) mass is 228 g/mol. The molecule has 2 saturated carbocycles. The van der Waals surface area contributed by atoms with Crippen molar-refractivity contribution in [2.45, 2.75) is 57.8 Å². The molecule has 4 aliphatic carbocycles. The lowest BCUT2D eigenvalue weighted by molar-refractivity contribution is 0.256. The molecule has 2 fully saturated rings. The van der Waals surface area contributed by atoms with Gasteiger partial charge in [-0.2, -0.15) is 0 Å². The van der Waals surface area contributed by atoms with Gasteiger partial charge in [-0.05, 0) is 74.2 Å². The van der Waals surface area contributed by atoms with Crippen molar-refractivity contribution >= 4 is 0 Å². The Morgan fingerprint density at radius 2 is 1.88 bits per heavy atom. The van der Waals surface area contributed by atoms with E-state index in [-0.39, 0.29) is 0 Å². The Morgan fingerprint density at radius 3 is 2.88 bits per heavy atom. The van der Waals surface area contributed by atoms with Gasteiger partial charge in [0.1, 0.15) is 0 Å². The summed E-state index contributed by atoms with van der Waals surface area (Å²) in [5.41, 5.74) is 3.72. The Bertz CT molecular complexity index is 373. The second kappa shape index (κ2) is 4.00. The molecule has 0 aliphatic heterocycles. The van der Waals surface area contributed by atoms with Crippen LogP contribution in [0.1, 0.15) is 57.8 Å². The van der Waals surface area contributed by atoms with E-state index in [1.807, 2.05) is 11.1 Å². The molecule has 0 N–H and O–H groups in total. The Balaban J connectivity index is 1.74. The van der Waals surface area contributed by atoms with E-state index >= 15 is 0 Å². The van der Waals surface area contributed by atoms with Crippen LogP contribution in [0.4, 0.5) is 0 Å². The molecule has 0 saturated heterocycles. The van der Waals surface area contributed by atoms with Crippen LogP contribution in [0, 0.1) is 23.7 Å². The summed E-state index contributed by atoms with van der Waals surface area (Å²) in [6.45, 7) is 0. The summed E-state index contributed by atoms with van der Waals surface area (Å²) in [5, 5.41) is 0. The molecular formula is C17H24. The van der Waals surface area contributed by atoms with Crippen molar-refractivity contribution in [1.29, 1.82) is 0 Å². The normalized spacial score (nSPS) is 44.2. The Hall–Kier alpha value is -0.520. The molecule has 0 aromatic rings. The minimum Gasteiger partial charge on any atom is -0.0808 e. The van der Waals surface area contributed by atoms with Gasteiger partial charge < -0.3 is 0 Å². The van der Waals surface area contributed by atoms with Gasteiger partial charge in [-0.1, -0.05) is 30.6 Å². The smallest absolute Gasteiger partial charge is 0.0128 e. The lowest BCUT2D eigenvalue weighted by atomic mass is 9.63. The fourth-order valence-electron chi connectivity index (χ4n) is 5.22. The van der Waals surface area contributed by atoms with Crippen LogP contribution in [-0.4, -0.2) is 0 Å². The minimum absolute atomic E-state index is 0.949. The van der Waals surface area contributed by atoms with Crippen LogP contribution in [0.3, 0.4) is 0 Å². The number of hydrogen-bond acceptors (Lipinski definition) is 0. The van der Waals surface area contributed by atoms with Crippen LogP contribution in [0.15, 0.2) is 23.3 Å². The van der Waals surface area contributed by atoms with Gasteiger partial charge in [0.15, 0.2) is 0 Å². The summed E-state index contributed by atoms with van der Waals surface area (Å²) in [7, 11) is 0. The summed E-state index contributed by atoms with van der Waals surface area (Å²) in [4.78, 5) is 0. The molecule has 0 nitrogen and oxygen atoms in total. The van der Waals surface area contributed by atoms with E-state index in [2.05, 4.69) is 12.2 Å². The van der Waals surface area contributed by atoms with E-state index < -0.39 is 0 Å². The first-order valence-corrected chi connectivity index (χ1v) is 7.84. The lowest BCUT2D eigenvalue weighted by Gasteiger charge is -2.42. The maximum Gasteiger partial charge on any atom is -0.0128 e. The largest absolute Gasteiger partial charge is 0.0808 e. The molecule has 0 amide bonds.